The van der Waals surface area contributed by atoms with Crippen LogP contribution >= 0.6 is 11.6 Å². The molecule has 0 spiro atoms. The second-order valence-corrected chi connectivity index (χ2v) is 7.62. The number of rotatable bonds is 2. The van der Waals surface area contributed by atoms with Crippen molar-refractivity contribution in [2.24, 2.45) is 0 Å². The minimum absolute atomic E-state index is 0.0769. The maximum Gasteiger partial charge on any atom is 0.263 e. The molecule has 1 N–H and O–H groups in total. The standard InChI is InChI=1S/C23H18ClN3O2/c1-14-21-25-20-5-3-2-4-19(20)23(29)27(21)22(15-6-12-18(28)13-7-15)26(14)17-10-8-16(24)9-11-17/h2-14,22,28H,1H3. The fourth-order valence-electron chi connectivity index (χ4n) is 4.09. The van der Waals surface area contributed by atoms with Crippen molar-refractivity contribution in [2.75, 3.05) is 4.90 Å². The van der Waals surface area contributed by atoms with E-state index in [0.717, 1.165) is 11.3 Å². The number of phenolic OH excluding ortho intramolecular Hbond substituents is 1. The van der Waals surface area contributed by atoms with E-state index in [1.165, 1.54) is 0 Å². The van der Waals surface area contributed by atoms with Gasteiger partial charge in [0, 0.05) is 10.7 Å². The number of fused-ring (bicyclic) bond motifs is 2. The van der Waals surface area contributed by atoms with Crippen molar-refractivity contribution in [2.45, 2.75) is 19.1 Å². The SMILES string of the molecule is CC1c2nc3ccccc3c(=O)n2C(c2ccc(O)cc2)N1c1ccc(Cl)cc1. The number of halogens is 1. The molecule has 144 valence electrons. The van der Waals surface area contributed by atoms with Gasteiger partial charge in [-0.1, -0.05) is 35.9 Å². The first-order chi connectivity index (χ1) is 14.0. The smallest absolute Gasteiger partial charge is 0.263 e. The van der Waals surface area contributed by atoms with Gasteiger partial charge in [0.15, 0.2) is 0 Å². The van der Waals surface area contributed by atoms with Gasteiger partial charge >= 0.3 is 0 Å². The third kappa shape index (κ3) is 2.77. The third-order valence-corrected chi connectivity index (χ3v) is 5.70. The molecule has 0 saturated heterocycles. The highest BCUT2D eigenvalue weighted by molar-refractivity contribution is 6.30. The molecule has 29 heavy (non-hydrogen) atoms. The Bertz CT molecular complexity index is 1270. The average molecular weight is 404 g/mol. The van der Waals surface area contributed by atoms with Crippen molar-refractivity contribution in [3.63, 3.8) is 0 Å². The van der Waals surface area contributed by atoms with E-state index in [4.69, 9.17) is 16.6 Å². The number of aromatic nitrogens is 2. The lowest BCUT2D eigenvalue weighted by Crippen LogP contribution is -2.32. The van der Waals surface area contributed by atoms with Crippen LogP contribution in [0.3, 0.4) is 0 Å². The highest BCUT2D eigenvalue weighted by Crippen LogP contribution is 2.42. The molecule has 0 amide bonds. The monoisotopic (exact) mass is 403 g/mol. The molecule has 5 nitrogen and oxygen atoms in total. The highest BCUT2D eigenvalue weighted by atomic mass is 35.5. The molecular weight excluding hydrogens is 386 g/mol. The normalized spacial score (nSPS) is 18.2. The van der Waals surface area contributed by atoms with Crippen LogP contribution < -0.4 is 10.5 Å². The molecule has 1 aliphatic heterocycles. The molecule has 4 aromatic rings. The van der Waals surface area contributed by atoms with Crippen molar-refractivity contribution in [1.82, 2.24) is 9.55 Å². The Labute approximate surface area is 172 Å². The van der Waals surface area contributed by atoms with Gasteiger partial charge in [-0.15, -0.1) is 0 Å². The Morgan fingerprint density at radius 3 is 2.38 bits per heavy atom. The summed E-state index contributed by atoms with van der Waals surface area (Å²) in [5.41, 5.74) is 2.45. The zero-order valence-corrected chi connectivity index (χ0v) is 16.4. The Morgan fingerprint density at radius 2 is 1.66 bits per heavy atom. The van der Waals surface area contributed by atoms with E-state index in [1.807, 2.05) is 61.5 Å². The summed E-state index contributed by atoms with van der Waals surface area (Å²) in [4.78, 5) is 20.5. The summed E-state index contributed by atoms with van der Waals surface area (Å²) in [5, 5.41) is 11.0. The first kappa shape index (κ1) is 17.8. The van der Waals surface area contributed by atoms with Crippen LogP contribution in [0, 0.1) is 0 Å². The summed E-state index contributed by atoms with van der Waals surface area (Å²) >= 11 is 6.10. The van der Waals surface area contributed by atoms with Crippen LogP contribution in [0.1, 0.15) is 30.5 Å². The fraction of sp³-hybridized carbons (Fsp3) is 0.130. The molecule has 2 unspecified atom stereocenters. The molecule has 0 bridgehead atoms. The first-order valence-corrected chi connectivity index (χ1v) is 9.76. The van der Waals surface area contributed by atoms with Gasteiger partial charge in [0.2, 0.25) is 0 Å². The number of anilines is 1. The number of aromatic hydroxyl groups is 1. The molecule has 2 atom stereocenters. The molecule has 0 fully saturated rings. The molecule has 3 aromatic carbocycles. The van der Waals surface area contributed by atoms with Crippen LogP contribution in [-0.4, -0.2) is 14.7 Å². The molecule has 0 radical (unpaired) electrons. The molecule has 5 rings (SSSR count). The van der Waals surface area contributed by atoms with Gasteiger partial charge < -0.3 is 10.0 Å². The minimum atomic E-state index is -0.383. The number of para-hydroxylation sites is 1. The zero-order chi connectivity index (χ0) is 20.1. The van der Waals surface area contributed by atoms with E-state index >= 15 is 0 Å². The van der Waals surface area contributed by atoms with Gasteiger partial charge in [0.25, 0.3) is 5.56 Å². The number of hydrogen-bond donors (Lipinski definition) is 1. The molecule has 2 heterocycles. The van der Waals surface area contributed by atoms with Crippen molar-refractivity contribution in [3.8, 4) is 5.75 Å². The summed E-state index contributed by atoms with van der Waals surface area (Å²) in [5.74, 6) is 0.892. The van der Waals surface area contributed by atoms with Crippen molar-refractivity contribution < 1.29 is 5.11 Å². The Morgan fingerprint density at radius 1 is 0.966 bits per heavy atom. The van der Waals surface area contributed by atoms with Crippen LogP contribution in [0.15, 0.2) is 77.6 Å². The van der Waals surface area contributed by atoms with Gasteiger partial charge in [0.05, 0.1) is 16.9 Å². The topological polar surface area (TPSA) is 58.4 Å². The van der Waals surface area contributed by atoms with Crippen LogP contribution in [0.5, 0.6) is 5.75 Å². The lowest BCUT2D eigenvalue weighted by atomic mass is 10.1. The van der Waals surface area contributed by atoms with E-state index < -0.39 is 0 Å². The lowest BCUT2D eigenvalue weighted by Gasteiger charge is -2.30. The quantitative estimate of drug-likeness (QED) is 0.518. The minimum Gasteiger partial charge on any atom is -0.508 e. The molecule has 1 aromatic heterocycles. The fourth-order valence-corrected chi connectivity index (χ4v) is 4.21. The maximum absolute atomic E-state index is 13.5. The average Bonchev–Trinajstić information content (AvgIpc) is 3.02. The van der Waals surface area contributed by atoms with Gasteiger partial charge in [-0.3, -0.25) is 9.36 Å². The van der Waals surface area contributed by atoms with E-state index in [1.54, 1.807) is 22.8 Å². The third-order valence-electron chi connectivity index (χ3n) is 5.45. The van der Waals surface area contributed by atoms with E-state index in [-0.39, 0.29) is 23.5 Å². The number of phenols is 1. The summed E-state index contributed by atoms with van der Waals surface area (Å²) in [6, 6.07) is 21.8. The van der Waals surface area contributed by atoms with Gasteiger partial charge in [0.1, 0.15) is 17.7 Å². The lowest BCUT2D eigenvalue weighted by molar-refractivity contribution is 0.474. The van der Waals surface area contributed by atoms with E-state index in [2.05, 4.69) is 4.90 Å². The van der Waals surface area contributed by atoms with E-state index in [9.17, 15) is 9.90 Å². The predicted molar refractivity (Wildman–Crippen MR) is 115 cm³/mol. The summed E-state index contributed by atoms with van der Waals surface area (Å²) < 4.78 is 1.76. The summed E-state index contributed by atoms with van der Waals surface area (Å²) in [7, 11) is 0. The zero-order valence-electron chi connectivity index (χ0n) is 15.7. The first-order valence-electron chi connectivity index (χ1n) is 9.38. The van der Waals surface area contributed by atoms with Crippen LogP contribution in [-0.2, 0) is 0 Å². The summed E-state index contributed by atoms with van der Waals surface area (Å²) in [6.45, 7) is 2.04. The van der Waals surface area contributed by atoms with Crippen LogP contribution in [0.25, 0.3) is 10.9 Å². The van der Waals surface area contributed by atoms with Crippen molar-refractivity contribution >= 4 is 28.2 Å². The van der Waals surface area contributed by atoms with Crippen molar-refractivity contribution in [1.29, 1.82) is 0 Å². The van der Waals surface area contributed by atoms with Crippen LogP contribution in [0.2, 0.25) is 5.02 Å². The highest BCUT2D eigenvalue weighted by Gasteiger charge is 2.39. The van der Waals surface area contributed by atoms with Gasteiger partial charge in [-0.25, -0.2) is 4.98 Å². The Balaban J connectivity index is 1.80. The Hall–Kier alpha value is -3.31. The molecular formula is C23H18ClN3O2. The number of nitrogens with zero attached hydrogens (tertiary/aromatic N) is 3. The Kier molecular flexibility index (Phi) is 4.07. The largest absolute Gasteiger partial charge is 0.508 e. The number of hydrogen-bond acceptors (Lipinski definition) is 4. The molecule has 0 saturated carbocycles. The summed E-state index contributed by atoms with van der Waals surface area (Å²) in [6.07, 6.45) is -0.383. The van der Waals surface area contributed by atoms with Gasteiger partial charge in [-0.2, -0.15) is 0 Å². The number of benzene rings is 3. The van der Waals surface area contributed by atoms with Crippen molar-refractivity contribution in [3.05, 3.63) is 99.6 Å². The van der Waals surface area contributed by atoms with Crippen LogP contribution in [0.4, 0.5) is 5.69 Å². The second-order valence-electron chi connectivity index (χ2n) is 7.19. The van der Waals surface area contributed by atoms with Gasteiger partial charge in [-0.05, 0) is 61.0 Å². The molecule has 1 aliphatic rings. The molecule has 6 heteroatoms. The second kappa shape index (κ2) is 6.64. The predicted octanol–water partition coefficient (Wildman–Crippen LogP) is 4.88. The van der Waals surface area contributed by atoms with E-state index in [0.29, 0.717) is 21.7 Å². The molecule has 0 aliphatic carbocycles. The maximum atomic E-state index is 13.5.